The van der Waals surface area contributed by atoms with Gasteiger partial charge in [0.2, 0.25) is 0 Å². The molecule has 1 aliphatic rings. The maximum absolute atomic E-state index is 13.1. The lowest BCUT2D eigenvalue weighted by Crippen LogP contribution is -2.68. The zero-order valence-electron chi connectivity index (χ0n) is 21.3. The maximum atomic E-state index is 13.1. The van der Waals surface area contributed by atoms with Crippen molar-refractivity contribution < 1.29 is 23.8 Å². The van der Waals surface area contributed by atoms with Gasteiger partial charge in [0.1, 0.15) is 5.60 Å². The Kier molecular flexibility index (Phi) is 8.24. The van der Waals surface area contributed by atoms with Crippen LogP contribution < -0.4 is 10.4 Å². The number of nitrogens with zero attached hydrogens (tertiary/aromatic N) is 1. The van der Waals surface area contributed by atoms with Crippen LogP contribution in [0.3, 0.4) is 0 Å². The summed E-state index contributed by atoms with van der Waals surface area (Å²) in [6.45, 7) is 12.9. The fourth-order valence-electron chi connectivity index (χ4n) is 4.53. The number of hydrogen-bond acceptors (Lipinski definition) is 5. The Labute approximate surface area is 205 Å². The number of amides is 1. The quantitative estimate of drug-likeness (QED) is 0.634. The van der Waals surface area contributed by atoms with Gasteiger partial charge in [-0.25, -0.2) is 4.79 Å². The Morgan fingerprint density at radius 2 is 1.53 bits per heavy atom. The third-order valence-corrected chi connectivity index (χ3v) is 11.1. The Bertz CT molecular complexity index is 884. The number of aliphatic hydroxyl groups is 1. The third kappa shape index (κ3) is 5.89. The summed E-state index contributed by atoms with van der Waals surface area (Å²) in [5, 5.41) is 11.8. The average Bonchev–Trinajstić information content (AvgIpc) is 2.79. The number of carbonyl (C=O) groups excluding carboxylic acids is 1. The zero-order chi connectivity index (χ0) is 25.0. The van der Waals surface area contributed by atoms with Gasteiger partial charge >= 0.3 is 6.09 Å². The molecule has 6 nitrogen and oxygen atoms in total. The van der Waals surface area contributed by atoms with E-state index in [2.05, 4.69) is 69.3 Å². The molecule has 0 radical (unpaired) electrons. The molecule has 2 aromatic rings. The molecule has 0 spiro atoms. The summed E-state index contributed by atoms with van der Waals surface area (Å²) in [6.07, 6.45) is -0.845. The Morgan fingerprint density at radius 3 is 1.97 bits per heavy atom. The lowest BCUT2D eigenvalue weighted by atomic mass is 10.2. The maximum Gasteiger partial charge on any atom is 0.410 e. The van der Waals surface area contributed by atoms with Gasteiger partial charge in [0.05, 0.1) is 38.5 Å². The molecule has 3 rings (SSSR count). The lowest BCUT2D eigenvalue weighted by Gasteiger charge is -2.45. The number of ether oxygens (including phenoxy) is 2. The molecule has 0 bridgehead atoms. The molecule has 186 valence electrons. The molecule has 0 saturated carbocycles. The second kappa shape index (κ2) is 10.6. The molecule has 1 aliphatic heterocycles. The van der Waals surface area contributed by atoms with Crippen molar-refractivity contribution >= 4 is 24.8 Å². The number of morpholine rings is 1. The summed E-state index contributed by atoms with van der Waals surface area (Å²) in [5.74, 6) is 0. The van der Waals surface area contributed by atoms with Gasteiger partial charge in [0.25, 0.3) is 8.32 Å². The van der Waals surface area contributed by atoms with E-state index in [1.54, 1.807) is 4.90 Å². The van der Waals surface area contributed by atoms with Crippen molar-refractivity contribution in [2.75, 3.05) is 26.4 Å². The third-order valence-electron chi connectivity index (χ3n) is 6.11. The van der Waals surface area contributed by atoms with Crippen molar-refractivity contribution in [1.29, 1.82) is 0 Å². The number of carbonyl (C=O) groups is 1. The molecule has 2 atom stereocenters. The van der Waals surface area contributed by atoms with E-state index in [0.717, 1.165) is 0 Å². The Balaban J connectivity index is 1.97. The molecule has 1 heterocycles. The van der Waals surface area contributed by atoms with Crippen LogP contribution >= 0.6 is 0 Å². The summed E-state index contributed by atoms with van der Waals surface area (Å²) >= 11 is 0. The second-order valence-electron chi connectivity index (χ2n) is 10.9. The summed E-state index contributed by atoms with van der Waals surface area (Å²) in [5.41, 5.74) is -0.618. The monoisotopic (exact) mass is 485 g/mol. The normalized spacial score (nSPS) is 19.7. The molecule has 0 aliphatic carbocycles. The standard InChI is InChI=1S/C27H39NO5Si/c1-26(2,3)33-25(30)28-17-22(18-29)31-19-21(28)20-32-34(27(4,5)6,23-13-9-7-10-14-23)24-15-11-8-12-16-24/h7-16,21-22,29H,17-20H2,1-6H3/t21-,22-/m0/s1. The molecular formula is C27H39NO5Si. The van der Waals surface area contributed by atoms with Crippen molar-refractivity contribution in [3.63, 3.8) is 0 Å². The highest BCUT2D eigenvalue weighted by molar-refractivity contribution is 6.99. The highest BCUT2D eigenvalue weighted by atomic mass is 28.4. The van der Waals surface area contributed by atoms with Crippen LogP contribution in [0.5, 0.6) is 0 Å². The van der Waals surface area contributed by atoms with E-state index in [9.17, 15) is 9.90 Å². The van der Waals surface area contributed by atoms with E-state index in [-0.39, 0.29) is 30.8 Å². The molecule has 1 N–H and O–H groups in total. The Morgan fingerprint density at radius 1 is 1.00 bits per heavy atom. The topological polar surface area (TPSA) is 68.2 Å². The first-order valence-corrected chi connectivity index (χ1v) is 13.9. The van der Waals surface area contributed by atoms with Gasteiger partial charge in [-0.2, -0.15) is 0 Å². The number of hydrogen-bond donors (Lipinski definition) is 1. The summed E-state index contributed by atoms with van der Waals surface area (Å²) in [4.78, 5) is 14.7. The van der Waals surface area contributed by atoms with Crippen molar-refractivity contribution in [2.45, 2.75) is 64.3 Å². The summed E-state index contributed by atoms with van der Waals surface area (Å²) in [7, 11) is -2.75. The van der Waals surface area contributed by atoms with Crippen LogP contribution in [0.1, 0.15) is 41.5 Å². The van der Waals surface area contributed by atoms with Gasteiger partial charge in [-0.3, -0.25) is 4.90 Å². The van der Waals surface area contributed by atoms with Crippen LogP contribution in [-0.2, 0) is 13.9 Å². The van der Waals surface area contributed by atoms with E-state index < -0.39 is 26.1 Å². The SMILES string of the molecule is CC(C)(C)OC(=O)N1C[C@@H](CO)OC[C@H]1CO[Si](c1ccccc1)(c1ccccc1)C(C)(C)C. The molecule has 34 heavy (non-hydrogen) atoms. The average molecular weight is 486 g/mol. The fraction of sp³-hybridized carbons (Fsp3) is 0.519. The van der Waals surface area contributed by atoms with Crippen molar-refractivity contribution in [3.05, 3.63) is 60.7 Å². The van der Waals surface area contributed by atoms with E-state index in [1.165, 1.54) is 10.4 Å². The zero-order valence-corrected chi connectivity index (χ0v) is 22.3. The fourth-order valence-corrected chi connectivity index (χ4v) is 9.13. The van der Waals surface area contributed by atoms with Gasteiger partial charge < -0.3 is 19.0 Å². The number of rotatable bonds is 6. The predicted molar refractivity (Wildman–Crippen MR) is 137 cm³/mol. The molecule has 0 aromatic heterocycles. The van der Waals surface area contributed by atoms with Crippen LogP contribution in [0.15, 0.2) is 60.7 Å². The number of benzene rings is 2. The summed E-state index contributed by atoms with van der Waals surface area (Å²) in [6, 6.07) is 20.5. The van der Waals surface area contributed by atoms with Crippen molar-refractivity contribution in [2.24, 2.45) is 0 Å². The molecule has 2 aromatic carbocycles. The minimum absolute atomic E-state index is 0.151. The van der Waals surface area contributed by atoms with Crippen LogP contribution in [0.25, 0.3) is 0 Å². The van der Waals surface area contributed by atoms with E-state index in [4.69, 9.17) is 13.9 Å². The van der Waals surface area contributed by atoms with Crippen LogP contribution in [0.2, 0.25) is 5.04 Å². The smallest absolute Gasteiger partial charge is 0.410 e. The molecule has 1 fully saturated rings. The first-order valence-electron chi connectivity index (χ1n) is 11.9. The highest BCUT2D eigenvalue weighted by Crippen LogP contribution is 2.37. The summed E-state index contributed by atoms with van der Waals surface area (Å²) < 4.78 is 18.6. The van der Waals surface area contributed by atoms with E-state index in [1.807, 2.05) is 32.9 Å². The lowest BCUT2D eigenvalue weighted by molar-refractivity contribution is -0.0924. The molecule has 7 heteroatoms. The van der Waals surface area contributed by atoms with Crippen molar-refractivity contribution in [3.8, 4) is 0 Å². The van der Waals surface area contributed by atoms with Gasteiger partial charge in [-0.05, 0) is 36.2 Å². The minimum atomic E-state index is -2.75. The van der Waals surface area contributed by atoms with Crippen LogP contribution in [0.4, 0.5) is 4.79 Å². The van der Waals surface area contributed by atoms with Crippen molar-refractivity contribution in [1.82, 2.24) is 4.90 Å². The van der Waals surface area contributed by atoms with Crippen LogP contribution in [0, 0.1) is 0 Å². The van der Waals surface area contributed by atoms with Gasteiger partial charge in [-0.1, -0.05) is 81.4 Å². The Hall–Kier alpha value is -2.19. The van der Waals surface area contributed by atoms with Gasteiger partial charge in [0, 0.05) is 0 Å². The highest BCUT2D eigenvalue weighted by Gasteiger charge is 2.51. The number of aliphatic hydroxyl groups excluding tert-OH is 1. The molecular weight excluding hydrogens is 446 g/mol. The van der Waals surface area contributed by atoms with Gasteiger partial charge in [0.15, 0.2) is 0 Å². The first-order chi connectivity index (χ1) is 16.0. The van der Waals surface area contributed by atoms with E-state index >= 15 is 0 Å². The second-order valence-corrected chi connectivity index (χ2v) is 15.2. The largest absolute Gasteiger partial charge is 0.444 e. The van der Waals surface area contributed by atoms with Gasteiger partial charge in [-0.15, -0.1) is 0 Å². The molecule has 1 amide bonds. The molecule has 1 saturated heterocycles. The minimum Gasteiger partial charge on any atom is -0.444 e. The predicted octanol–water partition coefficient (Wildman–Crippen LogP) is 3.56. The van der Waals surface area contributed by atoms with Crippen LogP contribution in [-0.4, -0.2) is 68.5 Å². The molecule has 0 unspecified atom stereocenters. The first kappa shape index (κ1) is 26.4. The van der Waals surface area contributed by atoms with E-state index in [0.29, 0.717) is 6.61 Å².